The standard InChI is InChI=1S/C17H20N2O2S/c1-12(16(11-20)22-2)18-17(21)10-9-14-8-7-13-5-3-4-6-15(13)19-14/h3-10,12,16,20H,11H2,1-2H3,(H,18,21)/b10-9+/t12-,16+/m0/s1. The zero-order valence-electron chi connectivity index (χ0n) is 12.7. The van der Waals surface area contributed by atoms with Crippen LogP contribution in [0.5, 0.6) is 0 Å². The van der Waals surface area contributed by atoms with Crippen molar-refractivity contribution in [1.29, 1.82) is 0 Å². The lowest BCUT2D eigenvalue weighted by molar-refractivity contribution is -0.117. The first-order valence-electron chi connectivity index (χ1n) is 7.12. The number of amides is 1. The van der Waals surface area contributed by atoms with Gasteiger partial charge in [0.15, 0.2) is 0 Å². The van der Waals surface area contributed by atoms with Gasteiger partial charge < -0.3 is 10.4 Å². The van der Waals surface area contributed by atoms with Crippen molar-refractivity contribution in [3.8, 4) is 0 Å². The van der Waals surface area contributed by atoms with Gasteiger partial charge in [0.2, 0.25) is 5.91 Å². The maximum atomic E-state index is 11.9. The third-order valence-corrected chi connectivity index (χ3v) is 4.60. The number of aliphatic hydroxyl groups is 1. The quantitative estimate of drug-likeness (QED) is 0.804. The number of fused-ring (bicyclic) bond motifs is 1. The van der Waals surface area contributed by atoms with E-state index in [2.05, 4.69) is 10.3 Å². The topological polar surface area (TPSA) is 62.2 Å². The van der Waals surface area contributed by atoms with Crippen LogP contribution in [0.2, 0.25) is 0 Å². The van der Waals surface area contributed by atoms with Crippen molar-refractivity contribution >= 4 is 34.6 Å². The fourth-order valence-electron chi connectivity index (χ4n) is 2.14. The van der Waals surface area contributed by atoms with Gasteiger partial charge in [-0.2, -0.15) is 11.8 Å². The molecule has 116 valence electrons. The summed E-state index contributed by atoms with van der Waals surface area (Å²) in [5, 5.41) is 13.1. The van der Waals surface area contributed by atoms with Gasteiger partial charge in [-0.3, -0.25) is 4.79 Å². The highest BCUT2D eigenvalue weighted by Crippen LogP contribution is 2.13. The molecule has 1 aromatic heterocycles. The first kappa shape index (κ1) is 16.5. The maximum Gasteiger partial charge on any atom is 0.244 e. The molecule has 2 N–H and O–H groups in total. The number of para-hydroxylation sites is 1. The van der Waals surface area contributed by atoms with E-state index >= 15 is 0 Å². The Labute approximate surface area is 134 Å². The number of carbonyl (C=O) groups is 1. The average molecular weight is 316 g/mol. The molecule has 0 radical (unpaired) electrons. The van der Waals surface area contributed by atoms with Gasteiger partial charge in [0.25, 0.3) is 0 Å². The van der Waals surface area contributed by atoms with Gasteiger partial charge in [-0.15, -0.1) is 0 Å². The van der Waals surface area contributed by atoms with Crippen LogP contribution in [0.3, 0.4) is 0 Å². The minimum absolute atomic E-state index is 0.00357. The van der Waals surface area contributed by atoms with Crippen LogP contribution in [-0.2, 0) is 4.79 Å². The van der Waals surface area contributed by atoms with Crippen LogP contribution in [-0.4, -0.2) is 40.2 Å². The van der Waals surface area contributed by atoms with E-state index in [9.17, 15) is 9.90 Å². The molecule has 0 fully saturated rings. The molecule has 0 aliphatic heterocycles. The van der Waals surface area contributed by atoms with Gasteiger partial charge in [0.1, 0.15) is 0 Å². The number of aromatic nitrogens is 1. The summed E-state index contributed by atoms with van der Waals surface area (Å²) in [6.07, 6.45) is 5.09. The Balaban J connectivity index is 2.02. The Morgan fingerprint density at radius 2 is 2.14 bits per heavy atom. The molecule has 0 unspecified atom stereocenters. The molecule has 1 aromatic carbocycles. The summed E-state index contributed by atoms with van der Waals surface area (Å²) in [4.78, 5) is 16.4. The van der Waals surface area contributed by atoms with E-state index in [1.165, 1.54) is 17.8 Å². The molecule has 4 nitrogen and oxygen atoms in total. The Morgan fingerprint density at radius 1 is 1.36 bits per heavy atom. The van der Waals surface area contributed by atoms with E-state index < -0.39 is 0 Å². The van der Waals surface area contributed by atoms with E-state index in [0.29, 0.717) is 0 Å². The number of nitrogens with one attached hydrogen (secondary N) is 1. The molecule has 0 bridgehead atoms. The van der Waals surface area contributed by atoms with Gasteiger partial charge in [-0.1, -0.05) is 24.3 Å². The molecule has 22 heavy (non-hydrogen) atoms. The fraction of sp³-hybridized carbons (Fsp3) is 0.294. The summed E-state index contributed by atoms with van der Waals surface area (Å²) in [6, 6.07) is 11.6. The number of hydrogen-bond donors (Lipinski definition) is 2. The largest absolute Gasteiger partial charge is 0.395 e. The van der Waals surface area contributed by atoms with Crippen molar-refractivity contribution in [3.63, 3.8) is 0 Å². The lowest BCUT2D eigenvalue weighted by Crippen LogP contribution is -2.40. The number of benzene rings is 1. The van der Waals surface area contributed by atoms with Crippen LogP contribution in [0.1, 0.15) is 12.6 Å². The molecule has 0 aliphatic carbocycles. The molecule has 2 aromatic rings. The molecule has 2 atom stereocenters. The highest BCUT2D eigenvalue weighted by molar-refractivity contribution is 7.99. The molecular formula is C17H20N2O2S. The third kappa shape index (κ3) is 4.32. The predicted octanol–water partition coefficient (Wildman–Crippen LogP) is 2.48. The highest BCUT2D eigenvalue weighted by atomic mass is 32.2. The second kappa shape index (κ2) is 7.96. The number of rotatable bonds is 6. The zero-order valence-corrected chi connectivity index (χ0v) is 13.5. The van der Waals surface area contributed by atoms with Crippen LogP contribution in [0, 0.1) is 0 Å². The summed E-state index contributed by atoms with van der Waals surface area (Å²) in [6.45, 7) is 1.93. The molecule has 1 heterocycles. The van der Waals surface area contributed by atoms with Crippen molar-refractivity contribution in [1.82, 2.24) is 10.3 Å². The van der Waals surface area contributed by atoms with Crippen LogP contribution >= 0.6 is 11.8 Å². The molecule has 0 spiro atoms. The first-order valence-corrected chi connectivity index (χ1v) is 8.41. The number of nitrogens with zero attached hydrogens (tertiary/aromatic N) is 1. The van der Waals surface area contributed by atoms with Crippen LogP contribution in [0.25, 0.3) is 17.0 Å². The number of aliphatic hydroxyl groups excluding tert-OH is 1. The van der Waals surface area contributed by atoms with E-state index in [4.69, 9.17) is 0 Å². The number of carbonyl (C=O) groups excluding carboxylic acids is 1. The molecule has 5 heteroatoms. The van der Waals surface area contributed by atoms with E-state index in [1.807, 2.05) is 49.6 Å². The van der Waals surface area contributed by atoms with E-state index in [1.54, 1.807) is 6.08 Å². The Morgan fingerprint density at radius 3 is 2.86 bits per heavy atom. The molecule has 0 saturated heterocycles. The summed E-state index contributed by atoms with van der Waals surface area (Å²) in [5.74, 6) is -0.185. The average Bonchev–Trinajstić information content (AvgIpc) is 2.54. The Bertz CT molecular complexity index is 669. The smallest absolute Gasteiger partial charge is 0.244 e. The molecule has 1 amide bonds. The maximum absolute atomic E-state index is 11.9. The second-order valence-corrected chi connectivity index (χ2v) is 6.09. The van der Waals surface area contributed by atoms with Gasteiger partial charge in [-0.25, -0.2) is 4.98 Å². The van der Waals surface area contributed by atoms with Gasteiger partial charge in [-0.05, 0) is 31.4 Å². The lowest BCUT2D eigenvalue weighted by atomic mass is 10.2. The van der Waals surface area contributed by atoms with Crippen molar-refractivity contribution in [2.24, 2.45) is 0 Å². The van der Waals surface area contributed by atoms with Crippen molar-refractivity contribution < 1.29 is 9.90 Å². The third-order valence-electron chi connectivity index (χ3n) is 3.44. The second-order valence-electron chi connectivity index (χ2n) is 5.02. The number of pyridine rings is 1. The zero-order chi connectivity index (χ0) is 15.9. The van der Waals surface area contributed by atoms with Crippen LogP contribution in [0.15, 0.2) is 42.5 Å². The monoisotopic (exact) mass is 316 g/mol. The number of thioether (sulfide) groups is 1. The summed E-state index contributed by atoms with van der Waals surface area (Å²) in [5.41, 5.74) is 1.64. The normalized spacial score (nSPS) is 14.1. The van der Waals surface area contributed by atoms with E-state index in [0.717, 1.165) is 16.6 Å². The summed E-state index contributed by atoms with van der Waals surface area (Å²) in [7, 11) is 0. The van der Waals surface area contributed by atoms with Crippen LogP contribution in [0.4, 0.5) is 0 Å². The predicted molar refractivity (Wildman–Crippen MR) is 92.8 cm³/mol. The fourth-order valence-corrected chi connectivity index (χ4v) is 2.76. The minimum atomic E-state index is -0.185. The Hall–Kier alpha value is -1.85. The van der Waals surface area contributed by atoms with Gasteiger partial charge >= 0.3 is 0 Å². The molecule has 0 aliphatic rings. The first-order chi connectivity index (χ1) is 10.6. The van der Waals surface area contributed by atoms with Crippen molar-refractivity contribution in [3.05, 3.63) is 48.2 Å². The lowest BCUT2D eigenvalue weighted by Gasteiger charge is -2.20. The molecule has 2 rings (SSSR count). The minimum Gasteiger partial charge on any atom is -0.395 e. The van der Waals surface area contributed by atoms with Crippen LogP contribution < -0.4 is 5.32 Å². The SMILES string of the molecule is CS[C@H](CO)[C@H](C)NC(=O)/C=C/c1ccc2ccccc2n1. The summed E-state index contributed by atoms with van der Waals surface area (Å²) < 4.78 is 0. The van der Waals surface area contributed by atoms with E-state index in [-0.39, 0.29) is 23.8 Å². The van der Waals surface area contributed by atoms with Gasteiger partial charge in [0.05, 0.1) is 17.8 Å². The molecular weight excluding hydrogens is 296 g/mol. The van der Waals surface area contributed by atoms with Crippen molar-refractivity contribution in [2.45, 2.75) is 18.2 Å². The van der Waals surface area contributed by atoms with Crippen molar-refractivity contribution in [2.75, 3.05) is 12.9 Å². The number of hydrogen-bond acceptors (Lipinski definition) is 4. The molecule has 0 saturated carbocycles. The Kier molecular flexibility index (Phi) is 5.98. The highest BCUT2D eigenvalue weighted by Gasteiger charge is 2.16. The summed E-state index contributed by atoms with van der Waals surface area (Å²) >= 11 is 1.53. The van der Waals surface area contributed by atoms with Gasteiger partial charge in [0, 0.05) is 22.8 Å².